The molecule has 2 aromatic rings. The van der Waals surface area contributed by atoms with Crippen LogP contribution >= 0.6 is 0 Å². The Balaban J connectivity index is 1.60. The first-order valence-corrected chi connectivity index (χ1v) is 6.79. The lowest BCUT2D eigenvalue weighted by Gasteiger charge is -2.11. The number of hydrogen-bond acceptors (Lipinski definition) is 3. The van der Waals surface area contributed by atoms with E-state index in [4.69, 9.17) is 9.52 Å². The van der Waals surface area contributed by atoms with E-state index >= 15 is 0 Å². The molecule has 4 heteroatoms. The number of carboxylic acid groups (broad SMARTS) is 1. The predicted molar refractivity (Wildman–Crippen MR) is 74.8 cm³/mol. The van der Waals surface area contributed by atoms with Crippen LogP contribution in [0.25, 0.3) is 0 Å². The third-order valence-corrected chi connectivity index (χ3v) is 3.75. The molecular weight excluding hydrogens is 254 g/mol. The van der Waals surface area contributed by atoms with Crippen LogP contribution in [0.1, 0.15) is 47.2 Å². The van der Waals surface area contributed by atoms with Crippen molar-refractivity contribution in [3.05, 3.63) is 59.5 Å². The van der Waals surface area contributed by atoms with Gasteiger partial charge in [0.25, 0.3) is 0 Å². The van der Waals surface area contributed by atoms with E-state index in [2.05, 4.69) is 29.6 Å². The summed E-state index contributed by atoms with van der Waals surface area (Å²) in [5.74, 6) is 0.176. The lowest BCUT2D eigenvalue weighted by molar-refractivity contribution is 0.0659. The van der Waals surface area contributed by atoms with Crippen molar-refractivity contribution >= 4 is 5.97 Å². The lowest BCUT2D eigenvalue weighted by atomic mass is 10.1. The van der Waals surface area contributed by atoms with Gasteiger partial charge < -0.3 is 14.8 Å². The molecule has 1 aliphatic rings. The molecule has 0 bridgehead atoms. The van der Waals surface area contributed by atoms with Gasteiger partial charge in [0.05, 0.1) is 6.04 Å². The Morgan fingerprint density at radius 3 is 2.70 bits per heavy atom. The van der Waals surface area contributed by atoms with Crippen LogP contribution in [-0.4, -0.2) is 17.1 Å². The van der Waals surface area contributed by atoms with E-state index < -0.39 is 5.97 Å². The summed E-state index contributed by atoms with van der Waals surface area (Å²) in [6.45, 7) is 1.99. The summed E-state index contributed by atoms with van der Waals surface area (Å²) < 4.78 is 5.31. The molecule has 0 amide bonds. The van der Waals surface area contributed by atoms with Crippen molar-refractivity contribution in [3.8, 4) is 0 Å². The molecule has 0 saturated heterocycles. The highest BCUT2D eigenvalue weighted by molar-refractivity contribution is 5.84. The SMILES string of the molecule is CC(NC1CC1c1ccccc1)c1ccc(C(=O)O)o1. The maximum Gasteiger partial charge on any atom is 0.371 e. The van der Waals surface area contributed by atoms with E-state index in [9.17, 15) is 4.79 Å². The molecule has 1 fully saturated rings. The first kappa shape index (κ1) is 12.9. The first-order valence-electron chi connectivity index (χ1n) is 6.79. The molecule has 1 saturated carbocycles. The van der Waals surface area contributed by atoms with Crippen molar-refractivity contribution in [1.82, 2.24) is 5.32 Å². The molecule has 3 atom stereocenters. The number of rotatable bonds is 5. The number of carboxylic acids is 1. The Morgan fingerprint density at radius 1 is 1.30 bits per heavy atom. The fraction of sp³-hybridized carbons (Fsp3) is 0.312. The van der Waals surface area contributed by atoms with E-state index in [1.807, 2.05) is 13.0 Å². The second kappa shape index (κ2) is 5.13. The van der Waals surface area contributed by atoms with Gasteiger partial charge in [0.15, 0.2) is 0 Å². The van der Waals surface area contributed by atoms with Crippen molar-refractivity contribution in [2.24, 2.45) is 0 Å². The molecule has 1 aromatic heterocycles. The van der Waals surface area contributed by atoms with Crippen molar-refractivity contribution in [3.63, 3.8) is 0 Å². The molecule has 1 aromatic carbocycles. The number of carbonyl (C=O) groups is 1. The summed E-state index contributed by atoms with van der Waals surface area (Å²) in [4.78, 5) is 10.8. The van der Waals surface area contributed by atoms with E-state index in [0.29, 0.717) is 17.7 Å². The molecule has 0 radical (unpaired) electrons. The summed E-state index contributed by atoms with van der Waals surface area (Å²) in [7, 11) is 0. The molecule has 0 aliphatic heterocycles. The van der Waals surface area contributed by atoms with Crippen LogP contribution in [0.4, 0.5) is 0 Å². The standard InChI is InChI=1S/C16H17NO3/c1-10(14-7-8-15(20-14)16(18)19)17-13-9-12(13)11-5-3-2-4-6-11/h2-8,10,12-13,17H,9H2,1H3,(H,18,19). The minimum absolute atomic E-state index is 0.0101. The molecule has 3 rings (SSSR count). The second-order valence-corrected chi connectivity index (χ2v) is 5.25. The van der Waals surface area contributed by atoms with Crippen LogP contribution in [0.2, 0.25) is 0 Å². The summed E-state index contributed by atoms with van der Waals surface area (Å²) in [5, 5.41) is 12.3. The third kappa shape index (κ3) is 2.60. The number of aromatic carboxylic acids is 1. The Hall–Kier alpha value is -2.07. The largest absolute Gasteiger partial charge is 0.475 e. The summed E-state index contributed by atoms with van der Waals surface area (Å²) in [6.07, 6.45) is 1.11. The van der Waals surface area contributed by atoms with Gasteiger partial charge in [-0.15, -0.1) is 0 Å². The number of nitrogens with one attached hydrogen (secondary N) is 1. The van der Waals surface area contributed by atoms with Gasteiger partial charge in [-0.3, -0.25) is 0 Å². The monoisotopic (exact) mass is 271 g/mol. The fourth-order valence-electron chi connectivity index (χ4n) is 2.55. The summed E-state index contributed by atoms with van der Waals surface area (Å²) in [5.41, 5.74) is 1.35. The lowest BCUT2D eigenvalue weighted by Crippen LogP contribution is -2.21. The Kier molecular flexibility index (Phi) is 3.32. The second-order valence-electron chi connectivity index (χ2n) is 5.25. The summed E-state index contributed by atoms with van der Waals surface area (Å²) in [6, 6.07) is 14.1. The Bertz CT molecular complexity index is 605. The zero-order chi connectivity index (χ0) is 14.1. The smallest absolute Gasteiger partial charge is 0.371 e. The number of furan rings is 1. The van der Waals surface area contributed by atoms with E-state index in [0.717, 1.165) is 6.42 Å². The first-order chi connectivity index (χ1) is 9.65. The van der Waals surface area contributed by atoms with Gasteiger partial charge in [-0.05, 0) is 31.0 Å². The molecule has 2 N–H and O–H groups in total. The normalized spacial score (nSPS) is 22.4. The van der Waals surface area contributed by atoms with Crippen molar-refractivity contribution in [2.75, 3.05) is 0 Å². The number of benzene rings is 1. The van der Waals surface area contributed by atoms with Crippen molar-refractivity contribution in [2.45, 2.75) is 31.3 Å². The molecule has 1 heterocycles. The maximum atomic E-state index is 10.8. The third-order valence-electron chi connectivity index (χ3n) is 3.75. The topological polar surface area (TPSA) is 62.5 Å². The van der Waals surface area contributed by atoms with E-state index in [1.54, 1.807) is 6.07 Å². The van der Waals surface area contributed by atoms with Gasteiger partial charge >= 0.3 is 5.97 Å². The van der Waals surface area contributed by atoms with Crippen LogP contribution in [0, 0.1) is 0 Å². The fourth-order valence-corrected chi connectivity index (χ4v) is 2.55. The molecule has 4 nitrogen and oxygen atoms in total. The minimum Gasteiger partial charge on any atom is -0.475 e. The zero-order valence-corrected chi connectivity index (χ0v) is 11.2. The van der Waals surface area contributed by atoms with Gasteiger partial charge in [-0.1, -0.05) is 30.3 Å². The van der Waals surface area contributed by atoms with Crippen LogP contribution in [0.5, 0.6) is 0 Å². The van der Waals surface area contributed by atoms with Gasteiger partial charge in [0, 0.05) is 12.0 Å². The van der Waals surface area contributed by atoms with Crippen LogP contribution in [0.15, 0.2) is 46.9 Å². The average molecular weight is 271 g/mol. The van der Waals surface area contributed by atoms with Crippen LogP contribution < -0.4 is 5.32 Å². The van der Waals surface area contributed by atoms with Gasteiger partial charge in [0.1, 0.15) is 5.76 Å². The Labute approximate surface area is 117 Å². The maximum absolute atomic E-state index is 10.8. The molecular formula is C16H17NO3. The van der Waals surface area contributed by atoms with Gasteiger partial charge in [-0.2, -0.15) is 0 Å². The molecule has 0 spiro atoms. The van der Waals surface area contributed by atoms with Crippen molar-refractivity contribution < 1.29 is 14.3 Å². The molecule has 3 unspecified atom stereocenters. The minimum atomic E-state index is -1.03. The molecule has 1 aliphatic carbocycles. The highest BCUT2D eigenvalue weighted by Crippen LogP contribution is 2.41. The molecule has 20 heavy (non-hydrogen) atoms. The molecule has 104 valence electrons. The zero-order valence-electron chi connectivity index (χ0n) is 11.2. The highest BCUT2D eigenvalue weighted by atomic mass is 16.4. The number of hydrogen-bond donors (Lipinski definition) is 2. The highest BCUT2D eigenvalue weighted by Gasteiger charge is 2.39. The average Bonchev–Trinajstić information content (AvgIpc) is 3.02. The van der Waals surface area contributed by atoms with Crippen LogP contribution in [0.3, 0.4) is 0 Å². The van der Waals surface area contributed by atoms with Crippen LogP contribution in [-0.2, 0) is 0 Å². The van der Waals surface area contributed by atoms with Gasteiger partial charge in [-0.25, -0.2) is 4.79 Å². The van der Waals surface area contributed by atoms with E-state index in [1.165, 1.54) is 11.6 Å². The summed E-state index contributed by atoms with van der Waals surface area (Å²) >= 11 is 0. The van der Waals surface area contributed by atoms with Crippen molar-refractivity contribution in [1.29, 1.82) is 0 Å². The predicted octanol–water partition coefficient (Wildman–Crippen LogP) is 3.18. The Morgan fingerprint density at radius 2 is 2.05 bits per heavy atom. The quantitative estimate of drug-likeness (QED) is 0.876. The van der Waals surface area contributed by atoms with E-state index in [-0.39, 0.29) is 11.8 Å². The van der Waals surface area contributed by atoms with Gasteiger partial charge in [0.2, 0.25) is 5.76 Å².